The van der Waals surface area contributed by atoms with Gasteiger partial charge < -0.3 is 15.4 Å². The second kappa shape index (κ2) is 4.75. The van der Waals surface area contributed by atoms with Crippen molar-refractivity contribution in [2.75, 3.05) is 19.0 Å². The van der Waals surface area contributed by atoms with Crippen molar-refractivity contribution in [2.45, 2.75) is 26.3 Å². The summed E-state index contributed by atoms with van der Waals surface area (Å²) in [5.41, 5.74) is 2.94. The molecule has 0 saturated carbocycles. The van der Waals surface area contributed by atoms with Crippen LogP contribution in [0, 0.1) is 6.92 Å². The lowest BCUT2D eigenvalue weighted by molar-refractivity contribution is -0.117. The first-order chi connectivity index (χ1) is 8.17. The summed E-state index contributed by atoms with van der Waals surface area (Å²) >= 11 is 0. The monoisotopic (exact) mass is 234 g/mol. The van der Waals surface area contributed by atoms with Crippen LogP contribution in [0.15, 0.2) is 12.1 Å². The van der Waals surface area contributed by atoms with Crippen molar-refractivity contribution >= 4 is 11.6 Å². The van der Waals surface area contributed by atoms with Gasteiger partial charge in [0.1, 0.15) is 11.8 Å². The number of hydrogen-bond donors (Lipinski definition) is 2. The average Bonchev–Trinajstić information content (AvgIpc) is 2.63. The molecular weight excluding hydrogens is 216 g/mol. The minimum atomic E-state index is -0.251. The maximum atomic E-state index is 11.9. The predicted octanol–water partition coefficient (Wildman–Crippen LogP) is 2.00. The molecule has 1 atom stereocenters. The number of methoxy groups -OCH3 is 1. The van der Waals surface area contributed by atoms with E-state index in [-0.39, 0.29) is 11.9 Å². The van der Waals surface area contributed by atoms with Crippen LogP contribution in [-0.4, -0.2) is 19.6 Å². The smallest absolute Gasteiger partial charge is 0.246 e. The van der Waals surface area contributed by atoms with Gasteiger partial charge in [0.15, 0.2) is 0 Å². The van der Waals surface area contributed by atoms with E-state index in [4.69, 9.17) is 4.74 Å². The highest BCUT2D eigenvalue weighted by Gasteiger charge is 2.31. The summed E-state index contributed by atoms with van der Waals surface area (Å²) in [5, 5.41) is 6.17. The van der Waals surface area contributed by atoms with Crippen LogP contribution < -0.4 is 15.4 Å². The Balaban J connectivity index is 2.36. The van der Waals surface area contributed by atoms with Gasteiger partial charge in [0.2, 0.25) is 5.91 Å². The number of hydrogen-bond acceptors (Lipinski definition) is 3. The van der Waals surface area contributed by atoms with Crippen molar-refractivity contribution in [3.8, 4) is 5.75 Å². The highest BCUT2D eigenvalue weighted by atomic mass is 16.5. The Hall–Kier alpha value is -1.55. The Morgan fingerprint density at radius 3 is 2.88 bits per heavy atom. The van der Waals surface area contributed by atoms with E-state index in [9.17, 15) is 4.79 Å². The standard InChI is InChI=1S/C13H18N2O2/c1-4-5-14-12-10-7-9(17-3)6-8(2)11(10)15-13(12)16/h6-7,12,14H,4-5H2,1-3H3,(H,15,16). The molecule has 92 valence electrons. The highest BCUT2D eigenvalue weighted by Crippen LogP contribution is 2.36. The van der Waals surface area contributed by atoms with Gasteiger partial charge in [-0.1, -0.05) is 6.92 Å². The lowest BCUT2D eigenvalue weighted by Crippen LogP contribution is -2.28. The van der Waals surface area contributed by atoms with E-state index in [1.807, 2.05) is 19.1 Å². The Labute approximate surface area is 101 Å². The van der Waals surface area contributed by atoms with Crippen molar-refractivity contribution in [1.29, 1.82) is 0 Å². The largest absolute Gasteiger partial charge is 0.497 e. The van der Waals surface area contributed by atoms with Crippen molar-refractivity contribution < 1.29 is 9.53 Å². The molecule has 1 amide bonds. The van der Waals surface area contributed by atoms with Gasteiger partial charge >= 0.3 is 0 Å². The van der Waals surface area contributed by atoms with Crippen LogP contribution in [0.5, 0.6) is 5.75 Å². The van der Waals surface area contributed by atoms with E-state index < -0.39 is 0 Å². The number of aryl methyl sites for hydroxylation is 1. The number of fused-ring (bicyclic) bond motifs is 1. The van der Waals surface area contributed by atoms with E-state index in [0.29, 0.717) is 0 Å². The SMILES string of the molecule is CCCNC1C(=O)Nc2c(C)cc(OC)cc21. The van der Waals surface area contributed by atoms with E-state index in [0.717, 1.165) is 35.5 Å². The lowest BCUT2D eigenvalue weighted by atomic mass is 10.0. The summed E-state index contributed by atoms with van der Waals surface area (Å²) in [6, 6.07) is 3.60. The van der Waals surface area contributed by atoms with Crippen LogP contribution in [0.4, 0.5) is 5.69 Å². The van der Waals surface area contributed by atoms with E-state index in [1.54, 1.807) is 7.11 Å². The van der Waals surface area contributed by atoms with Gasteiger partial charge in [-0.3, -0.25) is 4.79 Å². The topological polar surface area (TPSA) is 50.4 Å². The molecule has 4 nitrogen and oxygen atoms in total. The molecule has 0 radical (unpaired) electrons. The molecule has 1 aromatic carbocycles. The third kappa shape index (κ3) is 2.13. The number of rotatable bonds is 4. The molecule has 1 unspecified atom stereocenters. The fraction of sp³-hybridized carbons (Fsp3) is 0.462. The summed E-state index contributed by atoms with van der Waals surface area (Å²) in [7, 11) is 1.64. The minimum Gasteiger partial charge on any atom is -0.497 e. The van der Waals surface area contributed by atoms with Gasteiger partial charge in [-0.25, -0.2) is 0 Å². The number of amides is 1. The molecule has 0 aromatic heterocycles. The van der Waals surface area contributed by atoms with Crippen LogP contribution in [-0.2, 0) is 4.79 Å². The molecule has 17 heavy (non-hydrogen) atoms. The van der Waals surface area contributed by atoms with Crippen LogP contribution in [0.3, 0.4) is 0 Å². The molecule has 2 rings (SSSR count). The van der Waals surface area contributed by atoms with Crippen LogP contribution in [0.25, 0.3) is 0 Å². The number of anilines is 1. The molecule has 0 fully saturated rings. The number of ether oxygens (including phenoxy) is 1. The number of carbonyl (C=O) groups excluding carboxylic acids is 1. The highest BCUT2D eigenvalue weighted by molar-refractivity contribution is 6.03. The number of benzene rings is 1. The fourth-order valence-corrected chi connectivity index (χ4v) is 2.12. The van der Waals surface area contributed by atoms with Crippen molar-refractivity contribution in [2.24, 2.45) is 0 Å². The Morgan fingerprint density at radius 2 is 2.24 bits per heavy atom. The molecule has 4 heteroatoms. The fourth-order valence-electron chi connectivity index (χ4n) is 2.12. The lowest BCUT2D eigenvalue weighted by Gasteiger charge is -2.12. The van der Waals surface area contributed by atoms with Crippen LogP contribution in [0.2, 0.25) is 0 Å². The summed E-state index contributed by atoms with van der Waals surface area (Å²) in [6.07, 6.45) is 1.00. The van der Waals surface area contributed by atoms with Gasteiger partial charge in [-0.15, -0.1) is 0 Å². The maximum Gasteiger partial charge on any atom is 0.246 e. The summed E-state index contributed by atoms with van der Waals surface area (Å²) in [5.74, 6) is 0.811. The molecule has 0 spiro atoms. The molecule has 1 heterocycles. The van der Waals surface area contributed by atoms with E-state index in [2.05, 4.69) is 17.6 Å². The number of nitrogens with one attached hydrogen (secondary N) is 2. The van der Waals surface area contributed by atoms with Gasteiger partial charge in [-0.2, -0.15) is 0 Å². The molecule has 0 aliphatic carbocycles. The quantitative estimate of drug-likeness (QED) is 0.837. The van der Waals surface area contributed by atoms with Crippen LogP contribution >= 0.6 is 0 Å². The third-order valence-electron chi connectivity index (χ3n) is 3.00. The van der Waals surface area contributed by atoms with Gasteiger partial charge in [0.25, 0.3) is 0 Å². The first kappa shape index (κ1) is 11.9. The summed E-state index contributed by atoms with van der Waals surface area (Å²) in [6.45, 7) is 4.88. The summed E-state index contributed by atoms with van der Waals surface area (Å²) in [4.78, 5) is 11.9. The average molecular weight is 234 g/mol. The van der Waals surface area contributed by atoms with Gasteiger partial charge in [0, 0.05) is 11.3 Å². The first-order valence-electron chi connectivity index (χ1n) is 5.90. The number of carbonyl (C=O) groups is 1. The molecule has 1 aliphatic rings. The molecule has 0 bridgehead atoms. The van der Waals surface area contributed by atoms with Crippen LogP contribution in [0.1, 0.15) is 30.5 Å². The van der Waals surface area contributed by atoms with Gasteiger partial charge in [-0.05, 0) is 37.6 Å². The molecule has 2 N–H and O–H groups in total. The minimum absolute atomic E-state index is 0.0183. The second-order valence-corrected chi connectivity index (χ2v) is 4.28. The van der Waals surface area contributed by atoms with Crippen molar-refractivity contribution in [3.63, 3.8) is 0 Å². The van der Waals surface area contributed by atoms with Gasteiger partial charge in [0.05, 0.1) is 7.11 Å². The van der Waals surface area contributed by atoms with E-state index >= 15 is 0 Å². The molecule has 1 aromatic rings. The predicted molar refractivity (Wildman–Crippen MR) is 67.4 cm³/mol. The normalized spacial score (nSPS) is 17.8. The Morgan fingerprint density at radius 1 is 1.47 bits per heavy atom. The summed E-state index contributed by atoms with van der Waals surface area (Å²) < 4.78 is 5.24. The van der Waals surface area contributed by atoms with Crippen molar-refractivity contribution in [1.82, 2.24) is 5.32 Å². The first-order valence-corrected chi connectivity index (χ1v) is 5.90. The zero-order chi connectivity index (χ0) is 12.4. The Bertz CT molecular complexity index is 443. The zero-order valence-corrected chi connectivity index (χ0v) is 10.5. The molecule has 1 aliphatic heterocycles. The molecule has 0 saturated heterocycles. The maximum absolute atomic E-state index is 11.9. The zero-order valence-electron chi connectivity index (χ0n) is 10.5. The van der Waals surface area contributed by atoms with E-state index in [1.165, 1.54) is 0 Å². The van der Waals surface area contributed by atoms with Crippen molar-refractivity contribution in [3.05, 3.63) is 23.3 Å². The third-order valence-corrected chi connectivity index (χ3v) is 3.00. The molecular formula is C13H18N2O2. The Kier molecular flexibility index (Phi) is 3.33. The second-order valence-electron chi connectivity index (χ2n) is 4.28.